The van der Waals surface area contributed by atoms with E-state index in [1.54, 1.807) is 0 Å². The van der Waals surface area contributed by atoms with Crippen molar-refractivity contribution in [1.82, 2.24) is 4.98 Å². The molecule has 0 aliphatic heterocycles. The first-order chi connectivity index (χ1) is 12.1. The lowest BCUT2D eigenvalue weighted by molar-refractivity contribution is 0.125. The van der Waals surface area contributed by atoms with Gasteiger partial charge in [0.05, 0.1) is 5.69 Å². The van der Waals surface area contributed by atoms with Gasteiger partial charge in [0.1, 0.15) is 0 Å². The van der Waals surface area contributed by atoms with Crippen LogP contribution in [-0.4, -0.2) is 4.98 Å². The van der Waals surface area contributed by atoms with Gasteiger partial charge in [0.2, 0.25) is 0 Å². The van der Waals surface area contributed by atoms with E-state index in [0.29, 0.717) is 0 Å². The molecule has 0 spiro atoms. The number of aromatic nitrogens is 1. The van der Waals surface area contributed by atoms with Gasteiger partial charge >= 0.3 is 0 Å². The van der Waals surface area contributed by atoms with Crippen molar-refractivity contribution in [2.24, 2.45) is 5.41 Å². The van der Waals surface area contributed by atoms with Gasteiger partial charge in [-0.25, -0.2) is 0 Å². The lowest BCUT2D eigenvalue weighted by atomic mass is 9.59. The highest BCUT2D eigenvalue weighted by Crippen LogP contribution is 2.61. The van der Waals surface area contributed by atoms with E-state index in [2.05, 4.69) is 90.9 Å². The van der Waals surface area contributed by atoms with Gasteiger partial charge in [0.25, 0.3) is 0 Å². The summed E-state index contributed by atoms with van der Waals surface area (Å²) in [5.74, 6) is 0. The maximum absolute atomic E-state index is 4.78. The predicted octanol–water partition coefficient (Wildman–Crippen LogP) is 6.81. The van der Waals surface area contributed by atoms with Gasteiger partial charge in [0.15, 0.2) is 0 Å². The molecule has 0 saturated carbocycles. The Labute approximate surface area is 157 Å². The lowest BCUT2D eigenvalue weighted by Crippen LogP contribution is -2.42. The zero-order chi connectivity index (χ0) is 18.9. The fraction of sp³-hybridized carbons (Fsp3) is 0.400. The van der Waals surface area contributed by atoms with Crippen LogP contribution in [0.25, 0.3) is 22.0 Å². The summed E-state index contributed by atoms with van der Waals surface area (Å²) in [6.45, 7) is 16.5. The summed E-state index contributed by atoms with van der Waals surface area (Å²) in [6, 6.07) is 15.6. The van der Waals surface area contributed by atoms with E-state index in [1.807, 2.05) is 6.20 Å². The van der Waals surface area contributed by atoms with E-state index < -0.39 is 0 Å². The zero-order valence-electron chi connectivity index (χ0n) is 17.1. The van der Waals surface area contributed by atoms with Crippen LogP contribution in [0.2, 0.25) is 0 Å². The molecule has 0 N–H and O–H groups in total. The molecule has 1 aromatic heterocycles. The Morgan fingerprint density at radius 3 is 2.19 bits per heavy atom. The second-order valence-electron chi connectivity index (χ2n) is 9.50. The molecule has 1 heterocycles. The highest BCUT2D eigenvalue weighted by atomic mass is 14.7. The molecule has 2 aromatic carbocycles. The number of fused-ring (bicyclic) bond motifs is 2. The lowest BCUT2D eigenvalue weighted by Gasteiger charge is -2.44. The Hall–Kier alpha value is -2.15. The van der Waals surface area contributed by atoms with Gasteiger partial charge in [-0.2, -0.15) is 0 Å². The monoisotopic (exact) mass is 343 g/mol. The Morgan fingerprint density at radius 1 is 0.769 bits per heavy atom. The molecule has 0 amide bonds. The summed E-state index contributed by atoms with van der Waals surface area (Å²) in [4.78, 5) is 4.78. The first-order valence-electron chi connectivity index (χ1n) is 9.58. The van der Waals surface area contributed by atoms with Gasteiger partial charge in [0, 0.05) is 17.1 Å². The van der Waals surface area contributed by atoms with Gasteiger partial charge in [-0.1, -0.05) is 71.9 Å². The minimum Gasteiger partial charge on any atom is -0.256 e. The summed E-state index contributed by atoms with van der Waals surface area (Å²) in [5, 5.41) is 2.50. The molecule has 1 heteroatoms. The smallest absolute Gasteiger partial charge is 0.0708 e. The first kappa shape index (κ1) is 17.3. The zero-order valence-corrected chi connectivity index (χ0v) is 17.1. The van der Waals surface area contributed by atoms with Gasteiger partial charge in [-0.05, 0) is 57.4 Å². The molecule has 0 fully saturated rings. The second kappa shape index (κ2) is 5.19. The Balaban J connectivity index is 1.90. The average molecular weight is 344 g/mol. The van der Waals surface area contributed by atoms with Crippen molar-refractivity contribution in [2.75, 3.05) is 0 Å². The summed E-state index contributed by atoms with van der Waals surface area (Å²) >= 11 is 0. The molecular weight excluding hydrogens is 314 g/mol. The topological polar surface area (TPSA) is 12.9 Å². The molecule has 1 aliphatic carbocycles. The SMILES string of the molecule is Cc1cccc2cc(-c3ccc4c(c3)C(C)(C)C(C)(C)C4(C)C)ncc12. The molecule has 1 nitrogen and oxygen atoms in total. The number of nitrogens with zero attached hydrogens (tertiary/aromatic N) is 1. The maximum atomic E-state index is 4.78. The van der Waals surface area contributed by atoms with E-state index in [1.165, 1.54) is 33.0 Å². The minimum absolute atomic E-state index is 0.120. The Morgan fingerprint density at radius 2 is 1.46 bits per heavy atom. The third-order valence-corrected chi connectivity index (χ3v) is 7.77. The summed E-state index contributed by atoms with van der Waals surface area (Å²) in [5.41, 5.74) is 6.96. The standard InChI is InChI=1S/C25H29N/c1-16-9-8-10-17-14-22(26-15-19(16)17)18-11-12-20-21(13-18)24(4,5)25(6,7)23(20,2)3/h8-15H,1-7H3. The number of aryl methyl sites for hydroxylation is 1. The largest absolute Gasteiger partial charge is 0.256 e. The van der Waals surface area contributed by atoms with E-state index >= 15 is 0 Å². The van der Waals surface area contributed by atoms with Crippen LogP contribution < -0.4 is 0 Å². The quantitative estimate of drug-likeness (QED) is 0.473. The third kappa shape index (κ3) is 2.06. The van der Waals surface area contributed by atoms with Crippen molar-refractivity contribution < 1.29 is 0 Å². The van der Waals surface area contributed by atoms with E-state index in [9.17, 15) is 0 Å². The van der Waals surface area contributed by atoms with Crippen LogP contribution in [0, 0.1) is 12.3 Å². The van der Waals surface area contributed by atoms with Gasteiger partial charge < -0.3 is 0 Å². The van der Waals surface area contributed by atoms with Crippen molar-refractivity contribution in [3.8, 4) is 11.3 Å². The van der Waals surface area contributed by atoms with Crippen LogP contribution in [0.3, 0.4) is 0 Å². The molecule has 134 valence electrons. The first-order valence-corrected chi connectivity index (χ1v) is 9.58. The molecule has 1 aliphatic rings. The van der Waals surface area contributed by atoms with Crippen molar-refractivity contribution in [3.63, 3.8) is 0 Å². The van der Waals surface area contributed by atoms with Crippen molar-refractivity contribution in [3.05, 3.63) is 65.4 Å². The van der Waals surface area contributed by atoms with Crippen LogP contribution in [-0.2, 0) is 10.8 Å². The van der Waals surface area contributed by atoms with Crippen molar-refractivity contribution in [2.45, 2.75) is 59.3 Å². The van der Waals surface area contributed by atoms with E-state index in [0.717, 1.165) is 5.69 Å². The Bertz CT molecular complexity index is 1020. The highest BCUT2D eigenvalue weighted by molar-refractivity contribution is 5.87. The summed E-state index contributed by atoms with van der Waals surface area (Å²) in [7, 11) is 0. The number of pyridine rings is 1. The molecule has 0 saturated heterocycles. The predicted molar refractivity (Wildman–Crippen MR) is 112 cm³/mol. The second-order valence-corrected chi connectivity index (χ2v) is 9.50. The molecule has 0 bridgehead atoms. The molecule has 3 aromatic rings. The fourth-order valence-corrected chi connectivity index (χ4v) is 4.70. The Kier molecular flexibility index (Phi) is 3.45. The van der Waals surface area contributed by atoms with Crippen molar-refractivity contribution >= 4 is 10.8 Å². The average Bonchev–Trinajstić information content (AvgIpc) is 2.70. The van der Waals surface area contributed by atoms with Gasteiger partial charge in [-0.15, -0.1) is 0 Å². The highest BCUT2D eigenvalue weighted by Gasteiger charge is 2.56. The van der Waals surface area contributed by atoms with E-state index in [4.69, 9.17) is 4.98 Å². The molecular formula is C25H29N. The fourth-order valence-electron chi connectivity index (χ4n) is 4.70. The normalized spacial score (nSPS) is 19.5. The van der Waals surface area contributed by atoms with Gasteiger partial charge in [-0.3, -0.25) is 4.98 Å². The molecule has 0 unspecified atom stereocenters. The summed E-state index contributed by atoms with van der Waals surface area (Å²) < 4.78 is 0. The number of hydrogen-bond donors (Lipinski definition) is 0. The van der Waals surface area contributed by atoms with Crippen LogP contribution >= 0.6 is 0 Å². The van der Waals surface area contributed by atoms with Crippen LogP contribution in [0.15, 0.2) is 48.7 Å². The minimum atomic E-state index is 0.120. The third-order valence-electron chi connectivity index (χ3n) is 7.77. The molecule has 0 atom stereocenters. The number of benzene rings is 2. The molecule has 4 rings (SSSR count). The van der Waals surface area contributed by atoms with Crippen LogP contribution in [0.5, 0.6) is 0 Å². The van der Waals surface area contributed by atoms with E-state index in [-0.39, 0.29) is 16.2 Å². The number of hydrogen-bond acceptors (Lipinski definition) is 1. The van der Waals surface area contributed by atoms with Crippen molar-refractivity contribution in [1.29, 1.82) is 0 Å². The van der Waals surface area contributed by atoms with Crippen LogP contribution in [0.4, 0.5) is 0 Å². The maximum Gasteiger partial charge on any atom is 0.0708 e. The summed E-state index contributed by atoms with van der Waals surface area (Å²) in [6.07, 6.45) is 2.02. The molecule has 26 heavy (non-hydrogen) atoms. The number of rotatable bonds is 1. The van der Waals surface area contributed by atoms with Crippen LogP contribution in [0.1, 0.15) is 58.2 Å². The molecule has 0 radical (unpaired) electrons.